The van der Waals surface area contributed by atoms with E-state index in [-0.39, 0.29) is 5.96 Å². The molecule has 0 radical (unpaired) electrons. The van der Waals surface area contributed by atoms with Gasteiger partial charge in [0.1, 0.15) is 0 Å². The van der Waals surface area contributed by atoms with E-state index in [1.165, 1.54) is 0 Å². The van der Waals surface area contributed by atoms with Crippen molar-refractivity contribution >= 4 is 18.9 Å². The van der Waals surface area contributed by atoms with Crippen LogP contribution in [0.25, 0.3) is 0 Å². The highest BCUT2D eigenvalue weighted by molar-refractivity contribution is 5.79. The molecule has 0 bridgehead atoms. The lowest BCUT2D eigenvalue weighted by atomic mass is 10.9. The molecule has 6 heteroatoms. The zero-order chi connectivity index (χ0) is 7.82. The summed E-state index contributed by atoms with van der Waals surface area (Å²) in [4.78, 5) is 0. The second-order valence-corrected chi connectivity index (χ2v) is 1.25. The van der Waals surface area contributed by atoms with Gasteiger partial charge in [0.2, 0.25) is 0 Å². The van der Waals surface area contributed by atoms with Crippen molar-refractivity contribution in [3.05, 3.63) is 0 Å². The maximum Gasteiger partial charge on any atom is 0.254 e. The predicted molar refractivity (Wildman–Crippen MR) is 41.6 cm³/mol. The van der Waals surface area contributed by atoms with Crippen molar-refractivity contribution in [2.75, 3.05) is 0 Å². The third-order valence-electron chi connectivity index (χ3n) is 0.614. The van der Waals surface area contributed by atoms with Crippen molar-refractivity contribution in [3.63, 3.8) is 0 Å². The van der Waals surface area contributed by atoms with E-state index >= 15 is 0 Å². The van der Waals surface area contributed by atoms with Crippen molar-refractivity contribution in [1.29, 1.82) is 0 Å². The first-order chi connectivity index (χ1) is 4.85. The fourth-order valence-corrected chi connectivity index (χ4v) is 0.283. The smallest absolute Gasteiger partial charge is 0.254 e. The lowest BCUT2D eigenvalue weighted by Crippen LogP contribution is -2.31. The summed E-state index contributed by atoms with van der Waals surface area (Å²) < 4.78 is 0. The van der Waals surface area contributed by atoms with Crippen LogP contribution in [0, 0.1) is 0 Å². The van der Waals surface area contributed by atoms with E-state index < -0.39 is 0 Å². The Morgan fingerprint density at radius 3 is 2.70 bits per heavy atom. The molecular formula is C4H10N6. The summed E-state index contributed by atoms with van der Waals surface area (Å²) in [7, 11) is 0. The number of hydrazone groups is 3. The molecule has 0 aliphatic carbocycles. The van der Waals surface area contributed by atoms with Crippen LogP contribution in [0.3, 0.4) is 0 Å². The molecule has 0 unspecified atom stereocenters. The van der Waals surface area contributed by atoms with Crippen LogP contribution in [0.15, 0.2) is 15.3 Å². The monoisotopic (exact) mass is 142 g/mol. The maximum atomic E-state index is 4.90. The van der Waals surface area contributed by atoms with Gasteiger partial charge in [-0.05, 0) is 6.92 Å². The minimum atomic E-state index is 0.244. The molecule has 0 spiro atoms. The number of nitrogens with two attached hydrogens (primary N) is 1. The Kier molecular flexibility index (Phi) is 4.66. The Morgan fingerprint density at radius 2 is 2.30 bits per heavy atom. The molecule has 4 N–H and O–H groups in total. The minimum absolute atomic E-state index is 0.244. The third-order valence-corrected chi connectivity index (χ3v) is 0.614. The summed E-state index contributed by atoms with van der Waals surface area (Å²) in [6.45, 7) is 4.92. The Bertz CT molecular complexity index is 148. The molecule has 6 nitrogen and oxygen atoms in total. The van der Waals surface area contributed by atoms with Crippen LogP contribution in [0.4, 0.5) is 0 Å². The maximum absolute atomic E-state index is 4.90. The van der Waals surface area contributed by atoms with Crippen molar-refractivity contribution in [1.82, 2.24) is 10.9 Å². The van der Waals surface area contributed by atoms with Gasteiger partial charge in [0.05, 0.1) is 0 Å². The molecule has 0 rings (SSSR count). The molecule has 0 amide bonds. The third kappa shape index (κ3) is 3.42. The Morgan fingerprint density at radius 1 is 1.60 bits per heavy atom. The van der Waals surface area contributed by atoms with Crippen molar-refractivity contribution in [2.45, 2.75) is 6.92 Å². The highest BCUT2D eigenvalue weighted by Gasteiger charge is 1.88. The summed E-state index contributed by atoms with van der Waals surface area (Å²) in [6, 6.07) is 0. The van der Waals surface area contributed by atoms with E-state index in [4.69, 9.17) is 5.84 Å². The number of nitrogens with zero attached hydrogens (tertiary/aromatic N) is 3. The van der Waals surface area contributed by atoms with Crippen molar-refractivity contribution in [2.24, 2.45) is 21.1 Å². The molecule has 0 aliphatic rings. The van der Waals surface area contributed by atoms with Crippen LogP contribution >= 0.6 is 0 Å². The van der Waals surface area contributed by atoms with Gasteiger partial charge in [0, 0.05) is 12.9 Å². The minimum Gasteiger partial charge on any atom is -0.320 e. The van der Waals surface area contributed by atoms with E-state index in [9.17, 15) is 0 Å². The van der Waals surface area contributed by atoms with Gasteiger partial charge in [-0.1, -0.05) is 0 Å². The number of hydrogen-bond donors (Lipinski definition) is 3. The zero-order valence-electron chi connectivity index (χ0n) is 5.70. The molecule has 0 aromatic carbocycles. The SMILES string of the molecule is C=NNC(=NN)N/N=C/C. The van der Waals surface area contributed by atoms with Gasteiger partial charge in [-0.2, -0.15) is 10.2 Å². The van der Waals surface area contributed by atoms with E-state index in [2.05, 4.69) is 32.9 Å². The summed E-state index contributed by atoms with van der Waals surface area (Å²) >= 11 is 0. The van der Waals surface area contributed by atoms with Crippen LogP contribution < -0.4 is 16.7 Å². The van der Waals surface area contributed by atoms with Crippen LogP contribution in [-0.4, -0.2) is 18.9 Å². The van der Waals surface area contributed by atoms with Gasteiger partial charge in [-0.25, -0.2) is 10.9 Å². The number of guanidine groups is 1. The molecule has 0 atom stereocenters. The van der Waals surface area contributed by atoms with Gasteiger partial charge in [0.25, 0.3) is 5.96 Å². The van der Waals surface area contributed by atoms with Crippen LogP contribution in [0.5, 0.6) is 0 Å². The highest BCUT2D eigenvalue weighted by atomic mass is 15.5. The van der Waals surface area contributed by atoms with Gasteiger partial charge in [-0.3, -0.25) is 0 Å². The average molecular weight is 142 g/mol. The molecule has 0 saturated heterocycles. The summed E-state index contributed by atoms with van der Waals surface area (Å²) in [6.07, 6.45) is 1.55. The Hall–Kier alpha value is -1.59. The summed E-state index contributed by atoms with van der Waals surface area (Å²) in [5, 5.41) is 10.2. The molecule has 0 heterocycles. The van der Waals surface area contributed by atoms with E-state index in [1.807, 2.05) is 0 Å². The Balaban J connectivity index is 3.72. The highest BCUT2D eigenvalue weighted by Crippen LogP contribution is 1.62. The largest absolute Gasteiger partial charge is 0.320 e. The molecular weight excluding hydrogens is 132 g/mol. The molecule has 0 aromatic rings. The summed E-state index contributed by atoms with van der Waals surface area (Å²) in [5.74, 6) is 5.14. The number of nitrogens with one attached hydrogen (secondary N) is 2. The first-order valence-electron chi connectivity index (χ1n) is 2.58. The van der Waals surface area contributed by atoms with Crippen LogP contribution in [-0.2, 0) is 0 Å². The first kappa shape index (κ1) is 8.41. The summed E-state index contributed by atoms with van der Waals surface area (Å²) in [5.41, 5.74) is 4.85. The molecule has 0 aliphatic heterocycles. The molecule has 0 fully saturated rings. The second kappa shape index (κ2) is 5.54. The average Bonchev–Trinajstić information content (AvgIpc) is 1.98. The van der Waals surface area contributed by atoms with E-state index in [1.54, 1.807) is 13.1 Å². The Labute approximate surface area is 58.9 Å². The van der Waals surface area contributed by atoms with Crippen LogP contribution in [0.2, 0.25) is 0 Å². The van der Waals surface area contributed by atoms with Crippen molar-refractivity contribution in [3.8, 4) is 0 Å². The van der Waals surface area contributed by atoms with Gasteiger partial charge >= 0.3 is 0 Å². The molecule has 0 saturated carbocycles. The molecule has 56 valence electrons. The van der Waals surface area contributed by atoms with Gasteiger partial charge in [-0.15, -0.1) is 5.10 Å². The normalized spacial score (nSPS) is 11.5. The van der Waals surface area contributed by atoms with Crippen LogP contribution in [0.1, 0.15) is 6.92 Å². The van der Waals surface area contributed by atoms with Crippen molar-refractivity contribution < 1.29 is 0 Å². The fraction of sp³-hybridized carbons (Fsp3) is 0.250. The topological polar surface area (TPSA) is 87.2 Å². The van der Waals surface area contributed by atoms with E-state index in [0.717, 1.165) is 0 Å². The standard InChI is InChI=1S/C4H10N6/c1-3-7-10-4(8-5)9-6-2/h3H,2,5H2,1H3,(H2,8,9,10)/b7-3+. The number of rotatable bonds is 2. The lowest BCUT2D eigenvalue weighted by molar-refractivity contribution is 0.891. The zero-order valence-corrected chi connectivity index (χ0v) is 5.70. The fourth-order valence-electron chi connectivity index (χ4n) is 0.283. The first-order valence-corrected chi connectivity index (χ1v) is 2.58. The predicted octanol–water partition coefficient (Wildman–Crippen LogP) is -0.983. The number of hydrogen-bond acceptors (Lipinski definition) is 4. The van der Waals surface area contributed by atoms with Gasteiger partial charge in [0.15, 0.2) is 0 Å². The second-order valence-electron chi connectivity index (χ2n) is 1.25. The molecule has 0 aromatic heterocycles. The molecule has 10 heavy (non-hydrogen) atoms. The lowest BCUT2D eigenvalue weighted by Gasteiger charge is -1.99. The van der Waals surface area contributed by atoms with Gasteiger partial charge < -0.3 is 5.84 Å². The quantitative estimate of drug-likeness (QED) is 0.200. The van der Waals surface area contributed by atoms with E-state index in [0.29, 0.717) is 0 Å².